The van der Waals surface area contributed by atoms with Gasteiger partial charge in [0.15, 0.2) is 0 Å². The Morgan fingerprint density at radius 1 is 1.29 bits per heavy atom. The number of hydrogen-bond acceptors (Lipinski definition) is 5. The molecule has 2 amide bonds. The zero-order valence-electron chi connectivity index (χ0n) is 14.4. The summed E-state index contributed by atoms with van der Waals surface area (Å²) in [5, 5.41) is 4.75. The minimum Gasteiger partial charge on any atom is -0.379 e. The van der Waals surface area contributed by atoms with Gasteiger partial charge in [-0.3, -0.25) is 14.5 Å². The van der Waals surface area contributed by atoms with Crippen LogP contribution in [0.2, 0.25) is 0 Å². The Kier molecular flexibility index (Phi) is 4.94. The predicted octanol–water partition coefficient (Wildman–Crippen LogP) is 1.05. The summed E-state index contributed by atoms with van der Waals surface area (Å²) in [6.45, 7) is 7.16. The molecule has 24 heavy (non-hydrogen) atoms. The number of carbonyl (C=O) groups is 2. The fourth-order valence-electron chi connectivity index (χ4n) is 3.42. The quantitative estimate of drug-likeness (QED) is 0.884. The third-order valence-corrected chi connectivity index (χ3v) is 5.60. The Morgan fingerprint density at radius 2 is 2.08 bits per heavy atom. The van der Waals surface area contributed by atoms with Crippen LogP contribution in [0, 0.1) is 5.92 Å². The van der Waals surface area contributed by atoms with Crippen LogP contribution in [0.15, 0.2) is 17.5 Å². The zero-order valence-corrected chi connectivity index (χ0v) is 15.3. The highest BCUT2D eigenvalue weighted by atomic mass is 32.1. The van der Waals surface area contributed by atoms with Crippen molar-refractivity contribution in [3.05, 3.63) is 22.4 Å². The number of fused-ring (bicyclic) bond motifs is 3. The van der Waals surface area contributed by atoms with Gasteiger partial charge in [-0.1, -0.05) is 6.07 Å². The smallest absolute Gasteiger partial charge is 0.262 e. The minimum atomic E-state index is -0.931. The van der Waals surface area contributed by atoms with Crippen LogP contribution in [0.4, 0.5) is 0 Å². The van der Waals surface area contributed by atoms with E-state index in [0.29, 0.717) is 37.1 Å². The first-order chi connectivity index (χ1) is 11.4. The molecule has 1 aromatic heterocycles. The lowest BCUT2D eigenvalue weighted by Crippen LogP contribution is -2.58. The van der Waals surface area contributed by atoms with Crippen molar-refractivity contribution >= 4 is 23.2 Å². The average Bonchev–Trinajstić information content (AvgIpc) is 2.92. The predicted molar refractivity (Wildman–Crippen MR) is 93.2 cm³/mol. The van der Waals surface area contributed by atoms with Gasteiger partial charge in [-0.05, 0) is 32.3 Å². The fourth-order valence-corrected chi connectivity index (χ4v) is 4.04. The Labute approximate surface area is 146 Å². The molecule has 7 heteroatoms. The van der Waals surface area contributed by atoms with E-state index in [1.807, 2.05) is 16.3 Å². The zero-order chi connectivity index (χ0) is 17.3. The molecule has 3 heterocycles. The Balaban J connectivity index is 1.71. The van der Waals surface area contributed by atoms with E-state index in [1.54, 1.807) is 19.9 Å². The summed E-state index contributed by atoms with van der Waals surface area (Å²) in [5.74, 6) is 0.0914. The Bertz CT molecular complexity index is 602. The van der Waals surface area contributed by atoms with Gasteiger partial charge in [-0.25, -0.2) is 0 Å². The summed E-state index contributed by atoms with van der Waals surface area (Å²) in [6.07, 6.45) is 0. The van der Waals surface area contributed by atoms with Crippen LogP contribution in [0.1, 0.15) is 23.5 Å². The van der Waals surface area contributed by atoms with Crippen LogP contribution in [0.3, 0.4) is 0 Å². The molecule has 2 bridgehead atoms. The van der Waals surface area contributed by atoms with Gasteiger partial charge in [0.1, 0.15) is 5.54 Å². The lowest BCUT2D eigenvalue weighted by molar-refractivity contribution is -0.138. The van der Waals surface area contributed by atoms with E-state index in [0.717, 1.165) is 6.54 Å². The second-order valence-electron chi connectivity index (χ2n) is 7.26. The average molecular weight is 351 g/mol. The standard InChI is InChI=1S/C17H25N3O3S/c1-17(2,18-15(21)14-5-4-6-24-14)16(22)20-8-12-7-19(3)13(9-20)11-23-10-12/h4-6,12-13H,7-11H2,1-3H3,(H,18,21)/t12-,13+/m1/s1. The SMILES string of the molecule is CN1C[C@H]2COC[C@@H]1CN(C(=O)C(C)(C)NC(=O)c1cccs1)C2. The number of amides is 2. The molecule has 1 N–H and O–H groups in total. The van der Waals surface area contributed by atoms with Gasteiger partial charge >= 0.3 is 0 Å². The van der Waals surface area contributed by atoms with Crippen molar-refractivity contribution in [3.8, 4) is 0 Å². The van der Waals surface area contributed by atoms with Crippen LogP contribution < -0.4 is 5.32 Å². The summed E-state index contributed by atoms with van der Waals surface area (Å²) in [6, 6.07) is 3.81. The number of likely N-dealkylation sites (N-methyl/N-ethyl adjacent to an activating group) is 1. The Morgan fingerprint density at radius 3 is 2.79 bits per heavy atom. The van der Waals surface area contributed by atoms with Crippen LogP contribution >= 0.6 is 11.3 Å². The van der Waals surface area contributed by atoms with Crippen molar-refractivity contribution in [2.45, 2.75) is 25.4 Å². The van der Waals surface area contributed by atoms with Crippen molar-refractivity contribution in [1.29, 1.82) is 0 Å². The topological polar surface area (TPSA) is 61.9 Å². The van der Waals surface area contributed by atoms with Gasteiger partial charge in [0, 0.05) is 25.6 Å². The van der Waals surface area contributed by atoms with Crippen LogP contribution in [0.25, 0.3) is 0 Å². The molecule has 2 saturated heterocycles. The van der Waals surface area contributed by atoms with E-state index in [-0.39, 0.29) is 17.9 Å². The number of nitrogens with one attached hydrogen (secondary N) is 1. The molecule has 0 unspecified atom stereocenters. The summed E-state index contributed by atoms with van der Waals surface area (Å²) >= 11 is 1.38. The number of thiophene rings is 1. The second-order valence-corrected chi connectivity index (χ2v) is 8.21. The van der Waals surface area contributed by atoms with E-state index >= 15 is 0 Å². The second kappa shape index (κ2) is 6.82. The molecular formula is C17H25N3O3S. The highest BCUT2D eigenvalue weighted by Crippen LogP contribution is 2.21. The van der Waals surface area contributed by atoms with E-state index in [9.17, 15) is 9.59 Å². The molecule has 1 aromatic rings. The van der Waals surface area contributed by atoms with Gasteiger partial charge in [-0.2, -0.15) is 0 Å². The molecule has 0 aliphatic carbocycles. The molecule has 0 radical (unpaired) electrons. The minimum absolute atomic E-state index is 0.0281. The summed E-state index contributed by atoms with van der Waals surface area (Å²) in [7, 11) is 2.09. The summed E-state index contributed by atoms with van der Waals surface area (Å²) < 4.78 is 5.71. The molecule has 2 fully saturated rings. The van der Waals surface area contributed by atoms with Crippen molar-refractivity contribution in [3.63, 3.8) is 0 Å². The van der Waals surface area contributed by atoms with Gasteiger partial charge in [0.25, 0.3) is 5.91 Å². The number of ether oxygens (including phenoxy) is 1. The first-order valence-corrected chi connectivity index (χ1v) is 9.18. The third-order valence-electron chi connectivity index (χ3n) is 4.74. The van der Waals surface area contributed by atoms with Crippen molar-refractivity contribution in [2.75, 3.05) is 39.9 Å². The summed E-state index contributed by atoms with van der Waals surface area (Å²) in [5.41, 5.74) is -0.931. The highest BCUT2D eigenvalue weighted by molar-refractivity contribution is 7.12. The molecule has 0 saturated carbocycles. The lowest BCUT2D eigenvalue weighted by atomic mass is 10.0. The van der Waals surface area contributed by atoms with Gasteiger partial charge in [0.05, 0.1) is 24.1 Å². The van der Waals surface area contributed by atoms with E-state index < -0.39 is 5.54 Å². The van der Waals surface area contributed by atoms with Crippen LogP contribution in [-0.2, 0) is 9.53 Å². The molecule has 0 spiro atoms. The van der Waals surface area contributed by atoms with E-state index in [2.05, 4.69) is 17.3 Å². The molecule has 6 nitrogen and oxygen atoms in total. The number of rotatable bonds is 3. The lowest BCUT2D eigenvalue weighted by Gasteiger charge is -2.35. The Hall–Kier alpha value is -1.44. The monoisotopic (exact) mass is 351 g/mol. The molecule has 132 valence electrons. The van der Waals surface area contributed by atoms with Crippen molar-refractivity contribution < 1.29 is 14.3 Å². The van der Waals surface area contributed by atoms with Crippen LogP contribution in [0.5, 0.6) is 0 Å². The normalized spacial score (nSPS) is 25.2. The first-order valence-electron chi connectivity index (χ1n) is 8.30. The van der Waals surface area contributed by atoms with Crippen LogP contribution in [-0.4, -0.2) is 73.1 Å². The molecular weight excluding hydrogens is 326 g/mol. The van der Waals surface area contributed by atoms with E-state index in [4.69, 9.17) is 4.74 Å². The summed E-state index contributed by atoms with van der Waals surface area (Å²) in [4.78, 5) is 30.2. The van der Waals surface area contributed by atoms with Crippen molar-refractivity contribution in [2.24, 2.45) is 5.92 Å². The maximum absolute atomic E-state index is 13.1. The van der Waals surface area contributed by atoms with Gasteiger partial charge in [-0.15, -0.1) is 11.3 Å². The molecule has 2 aliphatic heterocycles. The molecule has 2 aliphatic rings. The molecule has 2 atom stereocenters. The maximum atomic E-state index is 13.1. The fraction of sp³-hybridized carbons (Fsp3) is 0.647. The van der Waals surface area contributed by atoms with Gasteiger partial charge < -0.3 is 15.0 Å². The van der Waals surface area contributed by atoms with E-state index in [1.165, 1.54) is 11.3 Å². The molecule has 3 rings (SSSR count). The first kappa shape index (κ1) is 17.4. The molecule has 0 aromatic carbocycles. The van der Waals surface area contributed by atoms with Gasteiger partial charge in [0.2, 0.25) is 5.91 Å². The largest absolute Gasteiger partial charge is 0.379 e. The highest BCUT2D eigenvalue weighted by Gasteiger charge is 2.39. The maximum Gasteiger partial charge on any atom is 0.262 e. The third kappa shape index (κ3) is 3.63. The number of hydrogen-bond donors (Lipinski definition) is 1. The number of carbonyl (C=O) groups excluding carboxylic acids is 2. The van der Waals surface area contributed by atoms with Crippen molar-refractivity contribution in [1.82, 2.24) is 15.1 Å². The number of nitrogens with zero attached hydrogens (tertiary/aromatic N) is 2.